The summed E-state index contributed by atoms with van der Waals surface area (Å²) in [6.45, 7) is 1.46. The third-order valence-electron chi connectivity index (χ3n) is 5.30. The second kappa shape index (κ2) is 5.89. The lowest BCUT2D eigenvalue weighted by Crippen LogP contribution is -2.21. The number of nitrogens with two attached hydrogens (primary N) is 1. The molecule has 1 heterocycles. The third-order valence-corrected chi connectivity index (χ3v) is 5.30. The van der Waals surface area contributed by atoms with Crippen LogP contribution in [0.1, 0.15) is 35.4 Å². The summed E-state index contributed by atoms with van der Waals surface area (Å²) in [6.07, 6.45) is 4.74. The Morgan fingerprint density at radius 1 is 1.09 bits per heavy atom. The average molecular weight is 308 g/mol. The fraction of sp³-hybridized carbons (Fsp3) is 0.400. The van der Waals surface area contributed by atoms with Crippen molar-refractivity contribution in [2.75, 3.05) is 25.1 Å². The molecule has 3 heteroatoms. The van der Waals surface area contributed by atoms with E-state index in [0.717, 1.165) is 18.8 Å². The zero-order valence-corrected chi connectivity index (χ0v) is 13.7. The van der Waals surface area contributed by atoms with Crippen molar-refractivity contribution in [1.29, 1.82) is 0 Å². The van der Waals surface area contributed by atoms with Gasteiger partial charge in [0.05, 0.1) is 6.61 Å². The number of benzene rings is 2. The molecule has 2 N–H and O–H groups in total. The normalized spacial score (nSPS) is 19.0. The molecule has 3 nitrogen and oxygen atoms in total. The molecule has 1 aliphatic heterocycles. The van der Waals surface area contributed by atoms with E-state index in [1.54, 1.807) is 0 Å². The number of ether oxygens (including phenoxy) is 1. The van der Waals surface area contributed by atoms with Crippen LogP contribution in [0.4, 0.5) is 11.4 Å². The molecule has 2 aromatic carbocycles. The molecule has 0 radical (unpaired) electrons. The molecule has 1 atom stereocenters. The second-order valence-electron chi connectivity index (χ2n) is 6.66. The molecule has 0 saturated heterocycles. The Hall–Kier alpha value is -2.00. The standard InChI is InChI=1S/C20H24N2O/c1-22(17-6-5-14-3-2-4-15(14)11-17)18-7-8-19-16(13-21)9-10-23-20(19)12-18/h5-8,11-12,16H,2-4,9-10,13,21H2,1H3/t16-/m0/s1. The van der Waals surface area contributed by atoms with Crippen LogP contribution in [0.15, 0.2) is 36.4 Å². The van der Waals surface area contributed by atoms with E-state index in [-0.39, 0.29) is 0 Å². The monoisotopic (exact) mass is 308 g/mol. The topological polar surface area (TPSA) is 38.5 Å². The van der Waals surface area contributed by atoms with Gasteiger partial charge < -0.3 is 15.4 Å². The summed E-state index contributed by atoms with van der Waals surface area (Å²) in [5, 5.41) is 0. The lowest BCUT2D eigenvalue weighted by atomic mass is 9.93. The number of hydrogen-bond donors (Lipinski definition) is 1. The molecule has 2 aromatic rings. The molecular weight excluding hydrogens is 284 g/mol. The fourth-order valence-corrected chi connectivity index (χ4v) is 3.82. The van der Waals surface area contributed by atoms with Gasteiger partial charge in [0.2, 0.25) is 0 Å². The summed E-state index contributed by atoms with van der Waals surface area (Å²) in [5.41, 5.74) is 12.6. The summed E-state index contributed by atoms with van der Waals surface area (Å²) in [7, 11) is 2.13. The Morgan fingerprint density at radius 2 is 1.87 bits per heavy atom. The van der Waals surface area contributed by atoms with Gasteiger partial charge in [-0.3, -0.25) is 0 Å². The SMILES string of the molecule is CN(c1ccc2c(c1)CCC2)c1ccc2c(c1)OCC[C@H]2CN. The first-order valence-corrected chi connectivity index (χ1v) is 8.58. The number of aryl methyl sites for hydroxylation is 2. The van der Waals surface area contributed by atoms with Crippen molar-refractivity contribution in [2.45, 2.75) is 31.6 Å². The van der Waals surface area contributed by atoms with Gasteiger partial charge in [0, 0.05) is 30.4 Å². The largest absolute Gasteiger partial charge is 0.493 e. The molecule has 0 unspecified atom stereocenters. The van der Waals surface area contributed by atoms with Gasteiger partial charge in [0.15, 0.2) is 0 Å². The summed E-state index contributed by atoms with van der Waals surface area (Å²) in [4.78, 5) is 2.24. The summed E-state index contributed by atoms with van der Waals surface area (Å²) in [6, 6.07) is 13.4. The van der Waals surface area contributed by atoms with Crippen molar-refractivity contribution in [3.8, 4) is 5.75 Å². The van der Waals surface area contributed by atoms with Gasteiger partial charge in [-0.2, -0.15) is 0 Å². The van der Waals surface area contributed by atoms with Gasteiger partial charge in [-0.25, -0.2) is 0 Å². The average Bonchev–Trinajstić information content (AvgIpc) is 3.07. The van der Waals surface area contributed by atoms with Crippen LogP contribution < -0.4 is 15.4 Å². The molecule has 0 fully saturated rings. The Bertz CT molecular complexity index is 726. The van der Waals surface area contributed by atoms with Crippen molar-refractivity contribution in [2.24, 2.45) is 5.73 Å². The van der Waals surface area contributed by atoms with Crippen LogP contribution in [-0.4, -0.2) is 20.2 Å². The minimum Gasteiger partial charge on any atom is -0.493 e. The molecule has 23 heavy (non-hydrogen) atoms. The number of anilines is 2. The first-order valence-electron chi connectivity index (χ1n) is 8.58. The molecule has 120 valence electrons. The molecular formula is C20H24N2O. The highest BCUT2D eigenvalue weighted by Crippen LogP contribution is 2.37. The molecule has 0 spiro atoms. The molecule has 0 aromatic heterocycles. The fourth-order valence-electron chi connectivity index (χ4n) is 3.82. The minimum absolute atomic E-state index is 0.429. The number of hydrogen-bond acceptors (Lipinski definition) is 3. The maximum atomic E-state index is 5.89. The molecule has 1 aliphatic carbocycles. The maximum absolute atomic E-state index is 5.89. The van der Waals surface area contributed by atoms with E-state index in [0.29, 0.717) is 12.5 Å². The van der Waals surface area contributed by atoms with Crippen LogP contribution >= 0.6 is 0 Å². The Morgan fingerprint density at radius 3 is 2.74 bits per heavy atom. The van der Waals surface area contributed by atoms with Crippen molar-refractivity contribution in [1.82, 2.24) is 0 Å². The van der Waals surface area contributed by atoms with E-state index >= 15 is 0 Å². The zero-order chi connectivity index (χ0) is 15.8. The second-order valence-corrected chi connectivity index (χ2v) is 6.66. The van der Waals surface area contributed by atoms with E-state index in [2.05, 4.69) is 48.3 Å². The number of rotatable bonds is 3. The van der Waals surface area contributed by atoms with Gasteiger partial charge in [-0.15, -0.1) is 0 Å². The number of fused-ring (bicyclic) bond motifs is 2. The van der Waals surface area contributed by atoms with Gasteiger partial charge >= 0.3 is 0 Å². The van der Waals surface area contributed by atoms with E-state index in [9.17, 15) is 0 Å². The van der Waals surface area contributed by atoms with Gasteiger partial charge in [-0.1, -0.05) is 12.1 Å². The molecule has 0 bridgehead atoms. The van der Waals surface area contributed by atoms with Crippen molar-refractivity contribution in [3.63, 3.8) is 0 Å². The predicted octanol–water partition coefficient (Wildman–Crippen LogP) is 3.77. The summed E-state index contributed by atoms with van der Waals surface area (Å²) in [5.74, 6) is 1.43. The first kappa shape index (κ1) is 14.6. The van der Waals surface area contributed by atoms with Crippen LogP contribution in [0.3, 0.4) is 0 Å². The lowest BCUT2D eigenvalue weighted by molar-refractivity contribution is 0.269. The highest BCUT2D eigenvalue weighted by Gasteiger charge is 2.21. The van der Waals surface area contributed by atoms with Crippen molar-refractivity contribution >= 4 is 11.4 Å². The lowest BCUT2D eigenvalue weighted by Gasteiger charge is -2.27. The van der Waals surface area contributed by atoms with E-state index in [4.69, 9.17) is 10.5 Å². The Labute approximate surface area is 138 Å². The number of nitrogens with zero attached hydrogens (tertiary/aromatic N) is 1. The summed E-state index contributed by atoms with van der Waals surface area (Å²) < 4.78 is 5.87. The Kier molecular flexibility index (Phi) is 3.74. The van der Waals surface area contributed by atoms with Crippen LogP contribution in [0, 0.1) is 0 Å². The summed E-state index contributed by atoms with van der Waals surface area (Å²) >= 11 is 0. The zero-order valence-electron chi connectivity index (χ0n) is 13.7. The smallest absolute Gasteiger partial charge is 0.124 e. The van der Waals surface area contributed by atoms with E-state index < -0.39 is 0 Å². The molecule has 0 saturated carbocycles. The van der Waals surface area contributed by atoms with Crippen molar-refractivity contribution in [3.05, 3.63) is 53.1 Å². The van der Waals surface area contributed by atoms with Crippen LogP contribution in [0.2, 0.25) is 0 Å². The van der Waals surface area contributed by atoms with Gasteiger partial charge in [-0.05, 0) is 67.1 Å². The van der Waals surface area contributed by atoms with Gasteiger partial charge in [0.1, 0.15) is 5.75 Å². The first-order chi connectivity index (χ1) is 11.3. The minimum atomic E-state index is 0.429. The Balaban J connectivity index is 1.65. The highest BCUT2D eigenvalue weighted by atomic mass is 16.5. The highest BCUT2D eigenvalue weighted by molar-refractivity contribution is 5.66. The molecule has 2 aliphatic rings. The van der Waals surface area contributed by atoms with E-state index in [1.165, 1.54) is 47.3 Å². The third kappa shape index (κ3) is 2.59. The quantitative estimate of drug-likeness (QED) is 0.938. The van der Waals surface area contributed by atoms with Gasteiger partial charge in [0.25, 0.3) is 0 Å². The van der Waals surface area contributed by atoms with E-state index in [1.807, 2.05) is 0 Å². The molecule has 0 amide bonds. The molecule has 4 rings (SSSR count). The maximum Gasteiger partial charge on any atom is 0.124 e. The van der Waals surface area contributed by atoms with Crippen molar-refractivity contribution < 1.29 is 4.74 Å². The van der Waals surface area contributed by atoms with Crippen LogP contribution in [0.25, 0.3) is 0 Å². The van der Waals surface area contributed by atoms with Crippen LogP contribution in [-0.2, 0) is 12.8 Å². The van der Waals surface area contributed by atoms with Crippen LogP contribution in [0.5, 0.6) is 5.75 Å². The predicted molar refractivity (Wildman–Crippen MR) is 94.9 cm³/mol.